The van der Waals surface area contributed by atoms with E-state index in [1.54, 1.807) is 12.3 Å². The van der Waals surface area contributed by atoms with E-state index in [1.165, 1.54) is 30.5 Å². The Morgan fingerprint density at radius 3 is 2.46 bits per heavy atom. The first-order valence-corrected chi connectivity index (χ1v) is 12.7. The largest absolute Gasteiger partial charge is 0.417 e. The number of aliphatic hydroxyl groups is 1. The second-order valence-corrected chi connectivity index (χ2v) is 10.6. The maximum Gasteiger partial charge on any atom is 0.417 e. The van der Waals surface area contributed by atoms with Crippen molar-refractivity contribution in [1.29, 1.82) is 0 Å². The molecule has 8 nitrogen and oxygen atoms in total. The predicted octanol–water partition coefficient (Wildman–Crippen LogP) is 4.02. The molecule has 0 bridgehead atoms. The van der Waals surface area contributed by atoms with Gasteiger partial charge in [0.25, 0.3) is 0 Å². The van der Waals surface area contributed by atoms with Crippen LogP contribution in [0.3, 0.4) is 0 Å². The SMILES string of the molecule is O=S(=O)(c1ccc(-c2cnc3[nH]ccc3c2F)cc1)N1CC[C@@H](Nc2ccc(C(F)(F)F)cn2)[C@@H](O)C1. The Labute approximate surface area is 209 Å². The van der Waals surface area contributed by atoms with E-state index in [0.717, 1.165) is 16.4 Å². The van der Waals surface area contributed by atoms with Crippen molar-refractivity contribution in [2.24, 2.45) is 0 Å². The Kier molecular flexibility index (Phi) is 6.38. The van der Waals surface area contributed by atoms with Crippen molar-refractivity contribution in [3.63, 3.8) is 0 Å². The van der Waals surface area contributed by atoms with Gasteiger partial charge in [-0.2, -0.15) is 17.5 Å². The molecule has 0 radical (unpaired) electrons. The zero-order valence-electron chi connectivity index (χ0n) is 19.1. The molecule has 4 aromatic rings. The molecule has 0 amide bonds. The highest BCUT2D eigenvalue weighted by atomic mass is 32.2. The van der Waals surface area contributed by atoms with Gasteiger partial charge in [-0.1, -0.05) is 12.1 Å². The van der Waals surface area contributed by atoms with Crippen LogP contribution in [0.5, 0.6) is 0 Å². The molecule has 3 aromatic heterocycles. The molecule has 3 N–H and O–H groups in total. The number of pyridine rings is 2. The predicted molar refractivity (Wildman–Crippen MR) is 128 cm³/mol. The number of nitrogens with zero attached hydrogens (tertiary/aromatic N) is 3. The molecule has 1 aromatic carbocycles. The molecule has 2 atom stereocenters. The van der Waals surface area contributed by atoms with Crippen molar-refractivity contribution in [3.8, 4) is 11.1 Å². The summed E-state index contributed by atoms with van der Waals surface area (Å²) in [6, 6.07) is 8.73. The van der Waals surface area contributed by atoms with E-state index in [2.05, 4.69) is 20.3 Å². The number of aromatic amines is 1. The second kappa shape index (κ2) is 9.39. The van der Waals surface area contributed by atoms with Gasteiger partial charge in [0.15, 0.2) is 0 Å². The summed E-state index contributed by atoms with van der Waals surface area (Å²) in [4.78, 5) is 10.7. The lowest BCUT2D eigenvalue weighted by Crippen LogP contribution is -2.51. The third kappa shape index (κ3) is 4.89. The van der Waals surface area contributed by atoms with Gasteiger partial charge in [0.05, 0.1) is 28.0 Å². The van der Waals surface area contributed by atoms with Crippen molar-refractivity contribution >= 4 is 26.9 Å². The van der Waals surface area contributed by atoms with E-state index in [4.69, 9.17) is 0 Å². The summed E-state index contributed by atoms with van der Waals surface area (Å²) in [5.74, 6) is -0.328. The highest BCUT2D eigenvalue weighted by molar-refractivity contribution is 7.89. The molecule has 0 aliphatic carbocycles. The summed E-state index contributed by atoms with van der Waals surface area (Å²) in [6.45, 7) is -0.146. The van der Waals surface area contributed by atoms with E-state index in [9.17, 15) is 31.1 Å². The van der Waals surface area contributed by atoms with E-state index in [0.29, 0.717) is 22.8 Å². The second-order valence-electron chi connectivity index (χ2n) is 8.65. The topological polar surface area (TPSA) is 111 Å². The first-order chi connectivity index (χ1) is 17.5. The third-order valence-corrected chi connectivity index (χ3v) is 8.17. The summed E-state index contributed by atoms with van der Waals surface area (Å²) in [7, 11) is -3.96. The number of hydrogen-bond donors (Lipinski definition) is 3. The molecule has 5 rings (SSSR count). The molecule has 13 heteroatoms. The Hall–Kier alpha value is -3.55. The van der Waals surface area contributed by atoms with Crippen LogP contribution in [0.15, 0.2) is 66.0 Å². The number of rotatable bonds is 5. The van der Waals surface area contributed by atoms with Gasteiger partial charge in [0, 0.05) is 37.2 Å². The van der Waals surface area contributed by atoms with Gasteiger partial charge in [0.2, 0.25) is 10.0 Å². The van der Waals surface area contributed by atoms with Gasteiger partial charge in [-0.05, 0) is 42.3 Å². The average Bonchev–Trinajstić information content (AvgIpc) is 3.35. The Balaban J connectivity index is 1.27. The van der Waals surface area contributed by atoms with Gasteiger partial charge in [-0.25, -0.2) is 22.8 Å². The molecule has 1 saturated heterocycles. The standard InChI is InChI=1S/C24H21F4N5O3S/c25-22-17-7-9-29-23(17)31-12-18(22)14-1-4-16(5-2-14)37(35,36)33-10-8-19(20(34)13-33)32-21-6-3-15(11-30-21)24(26,27)28/h1-7,9,11-12,19-20,34H,8,10,13H2,(H,29,31)(H,30,32)/t19-,20+/m1/s1. The molecule has 0 unspecified atom stereocenters. The van der Waals surface area contributed by atoms with Crippen LogP contribution >= 0.6 is 0 Å². The van der Waals surface area contributed by atoms with Crippen molar-refractivity contribution in [3.05, 3.63) is 72.4 Å². The summed E-state index contributed by atoms with van der Waals surface area (Å²) < 4.78 is 80.5. The fraction of sp³-hybridized carbons (Fsp3) is 0.250. The minimum Gasteiger partial charge on any atom is -0.390 e. The van der Waals surface area contributed by atoms with E-state index in [-0.39, 0.29) is 35.8 Å². The number of aliphatic hydroxyl groups excluding tert-OH is 1. The molecule has 1 aliphatic heterocycles. The highest BCUT2D eigenvalue weighted by Crippen LogP contribution is 2.31. The van der Waals surface area contributed by atoms with Crippen LogP contribution in [0.1, 0.15) is 12.0 Å². The van der Waals surface area contributed by atoms with Crippen LogP contribution in [0, 0.1) is 5.82 Å². The number of β-amino-alcohol motifs (C(OH)–C–C–N with tert-alkyl or cyclic N) is 1. The van der Waals surface area contributed by atoms with Crippen LogP contribution in [-0.4, -0.2) is 58.0 Å². The number of sulfonamides is 1. The van der Waals surface area contributed by atoms with Crippen molar-refractivity contribution in [2.45, 2.75) is 29.6 Å². The lowest BCUT2D eigenvalue weighted by atomic mass is 10.0. The number of anilines is 1. The molecule has 1 aliphatic rings. The monoisotopic (exact) mass is 535 g/mol. The minimum atomic E-state index is -4.51. The average molecular weight is 536 g/mol. The lowest BCUT2D eigenvalue weighted by molar-refractivity contribution is -0.137. The van der Waals surface area contributed by atoms with Crippen molar-refractivity contribution in [1.82, 2.24) is 19.3 Å². The highest BCUT2D eigenvalue weighted by Gasteiger charge is 2.35. The van der Waals surface area contributed by atoms with Crippen LogP contribution in [0.25, 0.3) is 22.2 Å². The molecular formula is C24H21F4N5O3S. The Morgan fingerprint density at radius 1 is 1.05 bits per heavy atom. The summed E-state index contributed by atoms with van der Waals surface area (Å²) in [6.07, 6.45) is -1.79. The summed E-state index contributed by atoms with van der Waals surface area (Å²) in [5.41, 5.74) is 0.204. The van der Waals surface area contributed by atoms with E-state index in [1.807, 2.05) is 0 Å². The summed E-state index contributed by atoms with van der Waals surface area (Å²) >= 11 is 0. The molecule has 1 fully saturated rings. The minimum absolute atomic E-state index is 0.0182. The number of aromatic nitrogens is 3. The summed E-state index contributed by atoms with van der Waals surface area (Å²) in [5, 5.41) is 13.8. The number of nitrogens with one attached hydrogen (secondary N) is 2. The fourth-order valence-electron chi connectivity index (χ4n) is 4.26. The number of alkyl halides is 3. The van der Waals surface area contributed by atoms with Crippen LogP contribution in [-0.2, 0) is 16.2 Å². The van der Waals surface area contributed by atoms with Crippen LogP contribution in [0.4, 0.5) is 23.4 Å². The molecule has 0 spiro atoms. The maximum atomic E-state index is 14.8. The lowest BCUT2D eigenvalue weighted by Gasteiger charge is -2.35. The first kappa shape index (κ1) is 25.1. The molecule has 0 saturated carbocycles. The van der Waals surface area contributed by atoms with Crippen molar-refractivity contribution in [2.75, 3.05) is 18.4 Å². The van der Waals surface area contributed by atoms with Gasteiger partial charge < -0.3 is 15.4 Å². The normalized spacial score (nSPS) is 19.3. The van der Waals surface area contributed by atoms with E-state index < -0.39 is 39.7 Å². The molecule has 37 heavy (non-hydrogen) atoms. The molecule has 4 heterocycles. The van der Waals surface area contributed by atoms with Gasteiger partial charge in [-0.15, -0.1) is 0 Å². The number of fused-ring (bicyclic) bond motifs is 1. The number of piperidine rings is 1. The van der Waals surface area contributed by atoms with Crippen LogP contribution < -0.4 is 5.32 Å². The number of benzene rings is 1. The quantitative estimate of drug-likeness (QED) is 0.333. The Morgan fingerprint density at radius 2 is 1.81 bits per heavy atom. The zero-order chi connectivity index (χ0) is 26.4. The fourth-order valence-corrected chi connectivity index (χ4v) is 5.73. The zero-order valence-corrected chi connectivity index (χ0v) is 19.9. The number of hydrogen-bond acceptors (Lipinski definition) is 6. The first-order valence-electron chi connectivity index (χ1n) is 11.2. The van der Waals surface area contributed by atoms with Gasteiger partial charge in [-0.3, -0.25) is 0 Å². The number of halogens is 4. The third-order valence-electron chi connectivity index (χ3n) is 6.29. The van der Waals surface area contributed by atoms with Crippen molar-refractivity contribution < 1.29 is 31.1 Å². The Bertz CT molecular complexity index is 1520. The van der Waals surface area contributed by atoms with Gasteiger partial charge in [0.1, 0.15) is 17.3 Å². The molecule has 194 valence electrons. The van der Waals surface area contributed by atoms with E-state index >= 15 is 0 Å². The molecular weight excluding hydrogens is 514 g/mol. The van der Waals surface area contributed by atoms with Gasteiger partial charge >= 0.3 is 6.18 Å². The smallest absolute Gasteiger partial charge is 0.390 e. The van der Waals surface area contributed by atoms with Crippen LogP contribution in [0.2, 0.25) is 0 Å². The maximum absolute atomic E-state index is 14.8. The number of H-pyrrole nitrogens is 1.